The highest BCUT2D eigenvalue weighted by molar-refractivity contribution is 5.76. The van der Waals surface area contributed by atoms with E-state index in [2.05, 4.69) is 5.10 Å². The van der Waals surface area contributed by atoms with E-state index >= 15 is 0 Å². The topological polar surface area (TPSA) is 47.4 Å². The number of amides is 1. The van der Waals surface area contributed by atoms with Crippen LogP contribution in [0.25, 0.3) is 0 Å². The number of hydrogen-bond acceptors (Lipinski definition) is 3. The molecule has 1 unspecified atom stereocenters. The van der Waals surface area contributed by atoms with Crippen LogP contribution in [0.4, 0.5) is 13.2 Å². The maximum Gasteiger partial charge on any atom is 0.416 e. The molecule has 26 heavy (non-hydrogen) atoms. The Labute approximate surface area is 149 Å². The first-order chi connectivity index (χ1) is 12.4. The van der Waals surface area contributed by atoms with E-state index in [0.717, 1.165) is 12.1 Å². The lowest BCUT2D eigenvalue weighted by Gasteiger charge is -2.33. The van der Waals surface area contributed by atoms with Crippen LogP contribution in [-0.4, -0.2) is 46.4 Å². The first-order valence-corrected chi connectivity index (χ1v) is 8.45. The molecule has 2 heterocycles. The van der Waals surface area contributed by atoms with Gasteiger partial charge in [-0.3, -0.25) is 9.48 Å². The zero-order valence-corrected chi connectivity index (χ0v) is 14.2. The molecule has 1 aromatic heterocycles. The molecule has 0 spiro atoms. The van der Waals surface area contributed by atoms with Crippen LogP contribution in [0.1, 0.15) is 17.5 Å². The third-order valence-corrected chi connectivity index (χ3v) is 4.32. The molecule has 0 radical (unpaired) electrons. The van der Waals surface area contributed by atoms with Gasteiger partial charge < -0.3 is 9.64 Å². The van der Waals surface area contributed by atoms with Gasteiger partial charge in [0.25, 0.3) is 0 Å². The quantitative estimate of drug-likeness (QED) is 0.817. The summed E-state index contributed by atoms with van der Waals surface area (Å²) in [6, 6.07) is 7.04. The fraction of sp³-hybridized carbons (Fsp3) is 0.444. The van der Waals surface area contributed by atoms with Crippen molar-refractivity contribution in [2.75, 3.05) is 19.7 Å². The van der Waals surface area contributed by atoms with Crippen LogP contribution < -0.4 is 0 Å². The number of morpholine rings is 1. The number of benzene rings is 1. The van der Waals surface area contributed by atoms with E-state index in [1.54, 1.807) is 34.1 Å². The first-order valence-electron chi connectivity index (χ1n) is 8.45. The molecule has 1 fully saturated rings. The molecule has 5 nitrogen and oxygen atoms in total. The fourth-order valence-corrected chi connectivity index (χ4v) is 3.01. The standard InChI is InChI=1S/C18H20F3N3O2/c19-18(20,21)15-4-1-3-14(11-15)12-16-13-23(9-10-26-16)17(25)5-8-24-7-2-6-22-24/h1-4,6-7,11,16H,5,8-10,12-13H2. The van der Waals surface area contributed by atoms with E-state index < -0.39 is 11.7 Å². The van der Waals surface area contributed by atoms with Crippen molar-refractivity contribution in [3.8, 4) is 0 Å². The van der Waals surface area contributed by atoms with Crippen molar-refractivity contribution in [1.82, 2.24) is 14.7 Å². The van der Waals surface area contributed by atoms with E-state index in [1.807, 2.05) is 0 Å². The number of halogens is 3. The number of rotatable bonds is 5. The molecule has 0 bridgehead atoms. The number of aryl methyl sites for hydroxylation is 1. The highest BCUT2D eigenvalue weighted by atomic mass is 19.4. The summed E-state index contributed by atoms with van der Waals surface area (Å²) in [4.78, 5) is 14.1. The van der Waals surface area contributed by atoms with Gasteiger partial charge in [0, 0.05) is 44.9 Å². The normalized spacial score (nSPS) is 18.1. The van der Waals surface area contributed by atoms with Crippen LogP contribution in [0.5, 0.6) is 0 Å². The Balaban J connectivity index is 1.55. The van der Waals surface area contributed by atoms with Gasteiger partial charge in [0.2, 0.25) is 5.91 Å². The number of hydrogen-bond donors (Lipinski definition) is 0. The minimum atomic E-state index is -4.36. The summed E-state index contributed by atoms with van der Waals surface area (Å²) >= 11 is 0. The second kappa shape index (κ2) is 7.90. The van der Waals surface area contributed by atoms with Gasteiger partial charge in [0.1, 0.15) is 0 Å². The Kier molecular flexibility index (Phi) is 5.61. The number of carbonyl (C=O) groups excluding carboxylic acids is 1. The molecule has 1 aromatic carbocycles. The van der Waals surface area contributed by atoms with Gasteiger partial charge in [0.15, 0.2) is 0 Å². The molecule has 1 saturated heterocycles. The summed E-state index contributed by atoms with van der Waals surface area (Å²) in [5, 5.41) is 4.06. The average molecular weight is 367 g/mol. The van der Waals surface area contributed by atoms with Crippen LogP contribution >= 0.6 is 0 Å². The molecule has 2 aromatic rings. The highest BCUT2D eigenvalue weighted by Gasteiger charge is 2.31. The van der Waals surface area contributed by atoms with Gasteiger partial charge in [-0.1, -0.05) is 18.2 Å². The first kappa shape index (κ1) is 18.4. The van der Waals surface area contributed by atoms with Gasteiger partial charge in [0.05, 0.1) is 18.3 Å². The zero-order valence-electron chi connectivity index (χ0n) is 14.2. The van der Waals surface area contributed by atoms with Gasteiger partial charge >= 0.3 is 6.18 Å². The average Bonchev–Trinajstić information content (AvgIpc) is 3.13. The van der Waals surface area contributed by atoms with E-state index in [-0.39, 0.29) is 12.0 Å². The van der Waals surface area contributed by atoms with Crippen molar-refractivity contribution >= 4 is 5.91 Å². The van der Waals surface area contributed by atoms with Gasteiger partial charge in [-0.05, 0) is 17.7 Å². The SMILES string of the molecule is O=C(CCn1cccn1)N1CCOC(Cc2cccc(C(F)(F)F)c2)C1. The molecular formula is C18H20F3N3O2. The molecule has 1 aliphatic rings. The third-order valence-electron chi connectivity index (χ3n) is 4.32. The molecule has 0 aliphatic carbocycles. The van der Waals surface area contributed by atoms with E-state index in [9.17, 15) is 18.0 Å². The van der Waals surface area contributed by atoms with Crippen molar-refractivity contribution in [2.45, 2.75) is 31.7 Å². The Morgan fingerprint density at radius 1 is 1.31 bits per heavy atom. The molecule has 140 valence electrons. The Bertz CT molecular complexity index is 732. The van der Waals surface area contributed by atoms with Crippen LogP contribution in [0.2, 0.25) is 0 Å². The number of alkyl halides is 3. The monoisotopic (exact) mass is 367 g/mol. The summed E-state index contributed by atoms with van der Waals surface area (Å²) in [5.74, 6) is -0.00200. The Morgan fingerprint density at radius 3 is 2.88 bits per heavy atom. The number of carbonyl (C=O) groups is 1. The molecule has 8 heteroatoms. The van der Waals surface area contributed by atoms with E-state index in [0.29, 0.717) is 44.6 Å². The second-order valence-electron chi connectivity index (χ2n) is 6.25. The number of ether oxygens (including phenoxy) is 1. The minimum absolute atomic E-state index is 0.00200. The molecule has 1 atom stereocenters. The largest absolute Gasteiger partial charge is 0.416 e. The second-order valence-corrected chi connectivity index (χ2v) is 6.25. The number of aromatic nitrogens is 2. The van der Waals surface area contributed by atoms with Crippen molar-refractivity contribution in [1.29, 1.82) is 0 Å². The van der Waals surface area contributed by atoms with E-state index in [4.69, 9.17) is 4.74 Å². The summed E-state index contributed by atoms with van der Waals surface area (Å²) in [6.07, 6.45) is -0.545. The predicted molar refractivity (Wildman–Crippen MR) is 88.3 cm³/mol. The van der Waals surface area contributed by atoms with Gasteiger partial charge in [-0.25, -0.2) is 0 Å². The predicted octanol–water partition coefficient (Wildman–Crippen LogP) is 2.76. The fourth-order valence-electron chi connectivity index (χ4n) is 3.01. The summed E-state index contributed by atoms with van der Waals surface area (Å²) in [6.45, 7) is 1.77. The minimum Gasteiger partial charge on any atom is -0.374 e. The summed E-state index contributed by atoms with van der Waals surface area (Å²) in [5.41, 5.74) is -0.117. The van der Waals surface area contributed by atoms with E-state index in [1.165, 1.54) is 6.07 Å². The van der Waals surface area contributed by atoms with Crippen molar-refractivity contribution in [2.24, 2.45) is 0 Å². The lowest BCUT2D eigenvalue weighted by atomic mass is 10.0. The van der Waals surface area contributed by atoms with Gasteiger partial charge in [-0.15, -0.1) is 0 Å². The Morgan fingerprint density at radius 2 is 2.15 bits per heavy atom. The molecule has 1 amide bonds. The third kappa shape index (κ3) is 4.85. The molecule has 0 saturated carbocycles. The molecule has 3 rings (SSSR count). The molecule has 1 aliphatic heterocycles. The van der Waals surface area contributed by atoms with Crippen LogP contribution in [-0.2, 0) is 28.7 Å². The maximum absolute atomic E-state index is 12.8. The zero-order chi connectivity index (χ0) is 18.6. The Hall–Kier alpha value is -2.35. The molecule has 0 N–H and O–H groups in total. The van der Waals surface area contributed by atoms with Crippen molar-refractivity contribution in [3.63, 3.8) is 0 Å². The van der Waals surface area contributed by atoms with Crippen LogP contribution in [0.15, 0.2) is 42.7 Å². The van der Waals surface area contributed by atoms with Crippen LogP contribution in [0, 0.1) is 0 Å². The highest BCUT2D eigenvalue weighted by Crippen LogP contribution is 2.30. The summed E-state index contributed by atoms with van der Waals surface area (Å²) in [7, 11) is 0. The number of nitrogens with zero attached hydrogens (tertiary/aromatic N) is 3. The summed E-state index contributed by atoms with van der Waals surface area (Å²) < 4.78 is 45.8. The van der Waals surface area contributed by atoms with Gasteiger partial charge in [-0.2, -0.15) is 18.3 Å². The smallest absolute Gasteiger partial charge is 0.374 e. The van der Waals surface area contributed by atoms with Crippen LogP contribution in [0.3, 0.4) is 0 Å². The maximum atomic E-state index is 12.8. The van der Waals surface area contributed by atoms with Crippen molar-refractivity contribution in [3.05, 3.63) is 53.9 Å². The van der Waals surface area contributed by atoms with Crippen molar-refractivity contribution < 1.29 is 22.7 Å². The lowest BCUT2D eigenvalue weighted by Crippen LogP contribution is -2.46. The molecular weight excluding hydrogens is 347 g/mol. The lowest BCUT2D eigenvalue weighted by molar-refractivity contribution is -0.139.